The molecule has 4 heteroatoms. The zero-order valence-corrected chi connectivity index (χ0v) is 10.2. The summed E-state index contributed by atoms with van der Waals surface area (Å²) in [6, 6.07) is -0.438. The third-order valence-electron chi connectivity index (χ3n) is 2.52. The summed E-state index contributed by atoms with van der Waals surface area (Å²) in [5.41, 5.74) is 0.0683. The molecule has 4 nitrogen and oxygen atoms in total. The fraction of sp³-hybridized carbons (Fsp3) is 0.909. The van der Waals surface area contributed by atoms with Crippen LogP contribution in [-0.4, -0.2) is 37.4 Å². The van der Waals surface area contributed by atoms with Crippen LogP contribution in [0, 0.1) is 5.41 Å². The summed E-state index contributed by atoms with van der Waals surface area (Å²) in [5.74, 6) is -0.778. The molecule has 0 saturated carbocycles. The normalized spacial score (nSPS) is 13.9. The zero-order valence-electron chi connectivity index (χ0n) is 10.2. The van der Waals surface area contributed by atoms with Crippen LogP contribution in [0.25, 0.3) is 0 Å². The standard InChI is InChI=1S/C11H23NO3/c1-5-9(10(13)14)12-8-11(2,3)6-7-15-4/h9,12H,5-8H2,1-4H3,(H,13,14). The van der Waals surface area contributed by atoms with Crippen molar-refractivity contribution in [1.82, 2.24) is 5.32 Å². The molecule has 0 aromatic rings. The summed E-state index contributed by atoms with van der Waals surface area (Å²) >= 11 is 0. The molecule has 0 rings (SSSR count). The first-order valence-electron chi connectivity index (χ1n) is 5.38. The Morgan fingerprint density at radius 1 is 1.53 bits per heavy atom. The molecule has 90 valence electrons. The Labute approximate surface area is 92.0 Å². The predicted molar refractivity (Wildman–Crippen MR) is 60.0 cm³/mol. The molecule has 0 amide bonds. The lowest BCUT2D eigenvalue weighted by atomic mass is 9.89. The maximum atomic E-state index is 10.8. The highest BCUT2D eigenvalue weighted by atomic mass is 16.5. The second-order valence-electron chi connectivity index (χ2n) is 4.59. The van der Waals surface area contributed by atoms with Crippen molar-refractivity contribution >= 4 is 5.97 Å². The lowest BCUT2D eigenvalue weighted by Crippen LogP contribution is -2.41. The lowest BCUT2D eigenvalue weighted by molar-refractivity contribution is -0.139. The van der Waals surface area contributed by atoms with Gasteiger partial charge < -0.3 is 15.2 Å². The minimum Gasteiger partial charge on any atom is -0.480 e. The Morgan fingerprint density at radius 2 is 2.13 bits per heavy atom. The first-order valence-corrected chi connectivity index (χ1v) is 5.38. The SMILES string of the molecule is CCC(NCC(C)(C)CCOC)C(=O)O. The number of methoxy groups -OCH3 is 1. The molecular weight excluding hydrogens is 194 g/mol. The van der Waals surface area contributed by atoms with Gasteiger partial charge in [-0.25, -0.2) is 0 Å². The maximum Gasteiger partial charge on any atom is 0.320 e. The first kappa shape index (κ1) is 14.4. The van der Waals surface area contributed by atoms with E-state index in [-0.39, 0.29) is 5.41 Å². The van der Waals surface area contributed by atoms with Crippen molar-refractivity contribution in [1.29, 1.82) is 0 Å². The molecule has 15 heavy (non-hydrogen) atoms. The van der Waals surface area contributed by atoms with Crippen molar-refractivity contribution in [2.24, 2.45) is 5.41 Å². The first-order chi connectivity index (χ1) is 6.93. The molecule has 0 aliphatic heterocycles. The Hall–Kier alpha value is -0.610. The summed E-state index contributed by atoms with van der Waals surface area (Å²) in [6.07, 6.45) is 1.53. The van der Waals surface area contributed by atoms with Crippen LogP contribution in [0.4, 0.5) is 0 Å². The average Bonchev–Trinajstić information content (AvgIpc) is 2.15. The van der Waals surface area contributed by atoms with E-state index in [1.165, 1.54) is 0 Å². The van der Waals surface area contributed by atoms with Gasteiger partial charge in [0.1, 0.15) is 6.04 Å². The summed E-state index contributed by atoms with van der Waals surface area (Å²) in [6.45, 7) is 7.48. The molecule has 1 unspecified atom stereocenters. The van der Waals surface area contributed by atoms with E-state index in [9.17, 15) is 4.79 Å². The number of nitrogens with one attached hydrogen (secondary N) is 1. The van der Waals surface area contributed by atoms with Gasteiger partial charge in [0.05, 0.1) is 0 Å². The Bertz CT molecular complexity index is 192. The van der Waals surface area contributed by atoms with Gasteiger partial charge >= 0.3 is 5.97 Å². The van der Waals surface area contributed by atoms with Gasteiger partial charge in [-0.2, -0.15) is 0 Å². The Balaban J connectivity index is 3.94. The topological polar surface area (TPSA) is 58.6 Å². The van der Waals surface area contributed by atoms with Gasteiger partial charge in [0, 0.05) is 20.3 Å². The van der Waals surface area contributed by atoms with Gasteiger partial charge in [-0.15, -0.1) is 0 Å². The quantitative estimate of drug-likeness (QED) is 0.647. The van der Waals surface area contributed by atoms with E-state index in [0.717, 1.165) is 6.42 Å². The van der Waals surface area contributed by atoms with Crippen LogP contribution in [-0.2, 0) is 9.53 Å². The summed E-state index contributed by atoms with van der Waals surface area (Å²) in [4.78, 5) is 10.8. The molecule has 1 atom stereocenters. The molecule has 0 aromatic carbocycles. The van der Waals surface area contributed by atoms with Crippen LogP contribution >= 0.6 is 0 Å². The third-order valence-corrected chi connectivity index (χ3v) is 2.52. The number of rotatable bonds is 8. The molecule has 0 aliphatic rings. The number of carboxylic acids is 1. The highest BCUT2D eigenvalue weighted by Gasteiger charge is 2.21. The van der Waals surface area contributed by atoms with E-state index in [1.54, 1.807) is 7.11 Å². The molecule has 0 radical (unpaired) electrons. The number of hydrogen-bond acceptors (Lipinski definition) is 3. The maximum absolute atomic E-state index is 10.8. The number of carbonyl (C=O) groups is 1. The minimum atomic E-state index is -0.778. The number of hydrogen-bond donors (Lipinski definition) is 2. The molecule has 2 N–H and O–H groups in total. The molecule has 0 bridgehead atoms. The highest BCUT2D eigenvalue weighted by molar-refractivity contribution is 5.73. The van der Waals surface area contributed by atoms with Crippen LogP contribution in [0.15, 0.2) is 0 Å². The van der Waals surface area contributed by atoms with Crippen LogP contribution in [0.3, 0.4) is 0 Å². The van der Waals surface area contributed by atoms with E-state index in [2.05, 4.69) is 19.2 Å². The van der Waals surface area contributed by atoms with E-state index < -0.39 is 12.0 Å². The molecule has 0 fully saturated rings. The van der Waals surface area contributed by atoms with Crippen molar-refractivity contribution in [2.75, 3.05) is 20.3 Å². The highest BCUT2D eigenvalue weighted by Crippen LogP contribution is 2.19. The molecule has 0 heterocycles. The molecule has 0 spiro atoms. The number of carboxylic acid groups (broad SMARTS) is 1. The fourth-order valence-corrected chi connectivity index (χ4v) is 1.27. The van der Waals surface area contributed by atoms with Gasteiger partial charge in [-0.1, -0.05) is 20.8 Å². The van der Waals surface area contributed by atoms with Gasteiger partial charge in [0.25, 0.3) is 0 Å². The minimum absolute atomic E-state index is 0.0683. The largest absolute Gasteiger partial charge is 0.480 e. The number of aliphatic carboxylic acids is 1. The molecule has 0 aromatic heterocycles. The van der Waals surface area contributed by atoms with Gasteiger partial charge in [-0.05, 0) is 18.3 Å². The van der Waals surface area contributed by atoms with E-state index in [4.69, 9.17) is 9.84 Å². The smallest absolute Gasteiger partial charge is 0.320 e. The third kappa shape index (κ3) is 6.47. The summed E-state index contributed by atoms with van der Waals surface area (Å²) in [5, 5.41) is 11.9. The van der Waals surface area contributed by atoms with Crippen LogP contribution in [0.1, 0.15) is 33.6 Å². The van der Waals surface area contributed by atoms with Crippen LogP contribution in [0.5, 0.6) is 0 Å². The van der Waals surface area contributed by atoms with Crippen molar-refractivity contribution < 1.29 is 14.6 Å². The van der Waals surface area contributed by atoms with E-state index in [1.807, 2.05) is 6.92 Å². The van der Waals surface area contributed by atoms with Crippen molar-refractivity contribution in [3.8, 4) is 0 Å². The monoisotopic (exact) mass is 217 g/mol. The lowest BCUT2D eigenvalue weighted by Gasteiger charge is -2.26. The second-order valence-corrected chi connectivity index (χ2v) is 4.59. The van der Waals surface area contributed by atoms with Gasteiger partial charge in [0.2, 0.25) is 0 Å². The molecule has 0 aliphatic carbocycles. The zero-order chi connectivity index (χ0) is 11.9. The summed E-state index contributed by atoms with van der Waals surface area (Å²) < 4.78 is 5.01. The van der Waals surface area contributed by atoms with Crippen molar-refractivity contribution in [3.05, 3.63) is 0 Å². The van der Waals surface area contributed by atoms with Crippen LogP contribution < -0.4 is 5.32 Å². The Morgan fingerprint density at radius 3 is 2.53 bits per heavy atom. The van der Waals surface area contributed by atoms with Gasteiger partial charge in [0.15, 0.2) is 0 Å². The van der Waals surface area contributed by atoms with Crippen molar-refractivity contribution in [3.63, 3.8) is 0 Å². The van der Waals surface area contributed by atoms with Gasteiger partial charge in [-0.3, -0.25) is 4.79 Å². The van der Waals surface area contributed by atoms with Crippen molar-refractivity contribution in [2.45, 2.75) is 39.7 Å². The summed E-state index contributed by atoms with van der Waals surface area (Å²) in [7, 11) is 1.68. The Kier molecular flexibility index (Phi) is 6.52. The molecule has 0 saturated heterocycles. The van der Waals surface area contributed by atoms with E-state index >= 15 is 0 Å². The fourth-order valence-electron chi connectivity index (χ4n) is 1.27. The van der Waals surface area contributed by atoms with Crippen LogP contribution in [0.2, 0.25) is 0 Å². The predicted octanol–water partition coefficient (Wildman–Crippen LogP) is 1.50. The second kappa shape index (κ2) is 6.80. The van der Waals surface area contributed by atoms with E-state index in [0.29, 0.717) is 19.6 Å². The molecular formula is C11H23NO3. The average molecular weight is 217 g/mol. The number of ether oxygens (including phenoxy) is 1.